The zero-order chi connectivity index (χ0) is 45.6. The van der Waals surface area contributed by atoms with E-state index < -0.39 is 16.2 Å². The van der Waals surface area contributed by atoms with Crippen LogP contribution in [0.5, 0.6) is 0 Å². The summed E-state index contributed by atoms with van der Waals surface area (Å²) in [6.45, 7) is 33.0. The number of hydrogen-bond donors (Lipinski definition) is 0. The number of fused-ring (bicyclic) bond motifs is 10. The number of para-hydroxylation sites is 4. The lowest BCUT2D eigenvalue weighted by molar-refractivity contribution is 0.231. The van der Waals surface area contributed by atoms with Gasteiger partial charge in [-0.2, -0.15) is 5.26 Å². The molecule has 6 heteroatoms. The summed E-state index contributed by atoms with van der Waals surface area (Å²) < 4.78 is 0. The maximum absolute atomic E-state index is 12.0. The van der Waals surface area contributed by atoms with Crippen LogP contribution in [0, 0.1) is 17.9 Å². The van der Waals surface area contributed by atoms with Crippen molar-refractivity contribution in [3.8, 4) is 17.2 Å². The Morgan fingerprint density at radius 2 is 0.877 bits per heavy atom. The van der Waals surface area contributed by atoms with Crippen molar-refractivity contribution < 1.29 is 0 Å². The summed E-state index contributed by atoms with van der Waals surface area (Å²) in [6.07, 6.45) is 0. The molecule has 2 aliphatic carbocycles. The fraction of sp³-hybridized carbons (Fsp3) is 0.254. The fourth-order valence-corrected chi connectivity index (χ4v) is 14.4. The predicted octanol–water partition coefficient (Wildman–Crippen LogP) is 17.1. The minimum absolute atomic E-state index is 0.110. The van der Waals surface area contributed by atoms with Gasteiger partial charge in [0.25, 0.3) is 0 Å². The van der Waals surface area contributed by atoms with Crippen LogP contribution in [-0.2, 0) is 27.1 Å². The van der Waals surface area contributed by atoms with Crippen LogP contribution in [0.3, 0.4) is 0 Å². The average molecular weight is 881 g/mol. The SMILES string of the molecule is [C-]#[N+]c1c(C#N)c(N2c3ccccc3Sc3ccccc32)c2c(c1N1c3ccccc3Sc3ccccc31)C(C)(C)C1(c3cc(C(C)(C)C)ccc3-c3ccc(C(C)(C)C)cc31)C2(C)C. The van der Waals surface area contributed by atoms with Gasteiger partial charge in [0, 0.05) is 35.8 Å². The number of nitriles is 1. The van der Waals surface area contributed by atoms with E-state index in [1.807, 2.05) is 0 Å². The lowest BCUT2D eigenvalue weighted by Crippen LogP contribution is -2.51. The number of nitrogens with zero attached hydrogens (tertiary/aromatic N) is 4. The molecule has 0 aromatic heterocycles. The molecule has 0 unspecified atom stereocenters. The van der Waals surface area contributed by atoms with Gasteiger partial charge in [0.05, 0.1) is 52.3 Å². The van der Waals surface area contributed by atoms with Crippen molar-refractivity contribution in [1.29, 1.82) is 5.26 Å². The second kappa shape index (κ2) is 13.9. The smallest absolute Gasteiger partial charge is 0.230 e. The van der Waals surface area contributed by atoms with Crippen LogP contribution in [-0.4, -0.2) is 0 Å². The maximum Gasteiger partial charge on any atom is 0.230 e. The van der Waals surface area contributed by atoms with Crippen LogP contribution in [0.1, 0.15) is 108 Å². The topological polar surface area (TPSA) is 34.6 Å². The first-order valence-electron chi connectivity index (χ1n) is 22.6. The van der Waals surface area contributed by atoms with Gasteiger partial charge < -0.3 is 9.80 Å². The Hall–Kier alpha value is -6.18. The number of benzene rings is 7. The maximum atomic E-state index is 12.0. The lowest BCUT2D eigenvalue weighted by atomic mass is 9.52. The standard InChI is InChI=1S/C59H52N4S2/c1-55(2,3)35-28-30-37-38-31-29-36(56(4,5)6)33-41(38)59(40(37)32-35)57(7,8)50-51(58(59,9)10)54(63-44-22-14-18-26-48(44)65-49-27-19-15-23-45(49)63)52(61-11)39(34-60)53(50)62-42-20-12-16-24-46(42)64-47-25-17-13-21-43(47)62/h12-33H,1-10H3. The zero-order valence-corrected chi connectivity index (χ0v) is 40.4. The van der Waals surface area contributed by atoms with Crippen molar-refractivity contribution in [1.82, 2.24) is 0 Å². The van der Waals surface area contributed by atoms with Crippen LogP contribution < -0.4 is 9.80 Å². The van der Waals surface area contributed by atoms with E-state index in [1.54, 1.807) is 23.5 Å². The Kier molecular flexibility index (Phi) is 8.89. The molecule has 0 fully saturated rings. The molecule has 7 aromatic rings. The third-order valence-electron chi connectivity index (χ3n) is 15.0. The van der Waals surface area contributed by atoms with Crippen LogP contribution in [0.15, 0.2) is 153 Å². The van der Waals surface area contributed by atoms with Crippen molar-refractivity contribution in [3.05, 3.63) is 184 Å². The molecular weight excluding hydrogens is 829 g/mol. The number of rotatable bonds is 2. The van der Waals surface area contributed by atoms with Crippen LogP contribution >= 0.6 is 23.5 Å². The van der Waals surface area contributed by atoms with E-state index in [0.29, 0.717) is 11.3 Å². The molecule has 2 aliphatic heterocycles. The van der Waals surface area contributed by atoms with Gasteiger partial charge in [-0.3, -0.25) is 0 Å². The molecule has 4 nitrogen and oxygen atoms in total. The monoisotopic (exact) mass is 880 g/mol. The van der Waals surface area contributed by atoms with Gasteiger partial charge in [0.2, 0.25) is 5.69 Å². The van der Waals surface area contributed by atoms with Crippen molar-refractivity contribution in [2.24, 2.45) is 0 Å². The Morgan fingerprint density at radius 1 is 0.523 bits per heavy atom. The second-order valence-corrected chi connectivity index (χ2v) is 23.3. The lowest BCUT2D eigenvalue weighted by Gasteiger charge is -2.50. The molecule has 0 N–H and O–H groups in total. The molecule has 0 saturated carbocycles. The minimum Gasteiger partial charge on any atom is -0.318 e. The van der Waals surface area contributed by atoms with E-state index in [-0.39, 0.29) is 10.8 Å². The van der Waals surface area contributed by atoms with E-state index in [4.69, 9.17) is 0 Å². The summed E-state index contributed by atoms with van der Waals surface area (Å²) in [5.41, 5.74) is 14.1. The predicted molar refractivity (Wildman–Crippen MR) is 271 cm³/mol. The molecule has 2 heterocycles. The molecule has 0 amide bonds. The first-order valence-corrected chi connectivity index (χ1v) is 24.2. The van der Waals surface area contributed by atoms with Gasteiger partial charge in [-0.1, -0.05) is 178 Å². The van der Waals surface area contributed by atoms with Crippen molar-refractivity contribution in [3.63, 3.8) is 0 Å². The summed E-state index contributed by atoms with van der Waals surface area (Å²) in [5, 5.41) is 12.0. The Balaban J connectivity index is 1.38. The third-order valence-corrected chi connectivity index (χ3v) is 17.2. The molecule has 0 atom stereocenters. The second-order valence-electron chi connectivity index (χ2n) is 21.2. The summed E-state index contributed by atoms with van der Waals surface area (Å²) >= 11 is 3.52. The molecule has 4 aliphatic rings. The van der Waals surface area contributed by atoms with E-state index in [1.165, 1.54) is 33.4 Å². The molecule has 0 bridgehead atoms. The first kappa shape index (κ1) is 41.5. The quantitative estimate of drug-likeness (QED) is 0.162. The van der Waals surface area contributed by atoms with Gasteiger partial charge in [-0.05, 0) is 104 Å². The average Bonchev–Trinajstić information content (AvgIpc) is 3.66. The summed E-state index contributed by atoms with van der Waals surface area (Å²) in [5.74, 6) is 0. The molecule has 11 rings (SSSR count). The normalized spacial score (nSPS) is 16.6. The highest BCUT2D eigenvalue weighted by Gasteiger charge is 2.69. The summed E-state index contributed by atoms with van der Waals surface area (Å²) in [4.78, 5) is 13.7. The molecule has 0 saturated heterocycles. The largest absolute Gasteiger partial charge is 0.318 e. The van der Waals surface area contributed by atoms with Crippen LogP contribution in [0.25, 0.3) is 16.0 Å². The Morgan fingerprint density at radius 3 is 1.23 bits per heavy atom. The van der Waals surface area contributed by atoms with Gasteiger partial charge in [0.1, 0.15) is 0 Å². The van der Waals surface area contributed by atoms with E-state index >= 15 is 0 Å². The van der Waals surface area contributed by atoms with Gasteiger partial charge in [-0.15, -0.1) is 0 Å². The summed E-state index contributed by atoms with van der Waals surface area (Å²) in [6, 6.07) is 51.5. The zero-order valence-electron chi connectivity index (χ0n) is 38.8. The highest BCUT2D eigenvalue weighted by Crippen LogP contribution is 2.76. The van der Waals surface area contributed by atoms with E-state index in [2.05, 4.69) is 223 Å². The fourth-order valence-electron chi connectivity index (χ4n) is 12.2. The number of hydrogen-bond acceptors (Lipinski definition) is 5. The van der Waals surface area contributed by atoms with Crippen LogP contribution in [0.2, 0.25) is 0 Å². The highest BCUT2D eigenvalue weighted by atomic mass is 32.2. The van der Waals surface area contributed by atoms with Gasteiger partial charge in [-0.25, -0.2) is 4.85 Å². The Bertz CT molecular complexity index is 2980. The van der Waals surface area contributed by atoms with Crippen LogP contribution in [0.4, 0.5) is 39.8 Å². The molecule has 1 spiro atoms. The molecule has 0 radical (unpaired) electrons. The van der Waals surface area contributed by atoms with Gasteiger partial charge in [0.15, 0.2) is 0 Å². The Labute approximate surface area is 393 Å². The summed E-state index contributed by atoms with van der Waals surface area (Å²) in [7, 11) is 0. The van der Waals surface area contributed by atoms with E-state index in [0.717, 1.165) is 64.8 Å². The van der Waals surface area contributed by atoms with Crippen molar-refractivity contribution in [2.45, 2.75) is 116 Å². The van der Waals surface area contributed by atoms with Crippen molar-refractivity contribution in [2.75, 3.05) is 9.80 Å². The molecular formula is C59H52N4S2. The van der Waals surface area contributed by atoms with E-state index in [9.17, 15) is 11.8 Å². The molecule has 7 aromatic carbocycles. The first-order chi connectivity index (χ1) is 31.0. The highest BCUT2D eigenvalue weighted by molar-refractivity contribution is 8.00. The van der Waals surface area contributed by atoms with Crippen molar-refractivity contribution >= 4 is 63.3 Å². The molecule has 65 heavy (non-hydrogen) atoms. The molecule has 320 valence electrons. The third kappa shape index (κ3) is 5.45. The number of anilines is 6. The van der Waals surface area contributed by atoms with Gasteiger partial charge >= 0.3 is 0 Å². The minimum atomic E-state index is -0.673.